The molecule has 10 heteroatoms. The summed E-state index contributed by atoms with van der Waals surface area (Å²) in [6.07, 6.45) is 3.51. The Labute approximate surface area is 178 Å². The third-order valence-electron chi connectivity index (χ3n) is 4.67. The second kappa shape index (κ2) is 9.24. The van der Waals surface area contributed by atoms with Gasteiger partial charge in [0.1, 0.15) is 22.5 Å². The number of aromatic nitrogens is 4. The Kier molecular flexibility index (Phi) is 6.26. The molecule has 2 N–H and O–H groups in total. The van der Waals surface area contributed by atoms with Gasteiger partial charge in [-0.2, -0.15) is 4.98 Å². The summed E-state index contributed by atoms with van der Waals surface area (Å²) in [7, 11) is 1.64. The van der Waals surface area contributed by atoms with Crippen LogP contribution >= 0.6 is 11.3 Å². The van der Waals surface area contributed by atoms with Gasteiger partial charge in [-0.05, 0) is 24.1 Å². The van der Waals surface area contributed by atoms with Gasteiger partial charge in [0.25, 0.3) is 0 Å². The van der Waals surface area contributed by atoms with Crippen molar-refractivity contribution in [2.75, 3.05) is 37.4 Å². The zero-order valence-electron chi connectivity index (χ0n) is 16.7. The highest BCUT2D eigenvalue weighted by Gasteiger charge is 2.23. The van der Waals surface area contributed by atoms with Crippen molar-refractivity contribution >= 4 is 44.9 Å². The van der Waals surface area contributed by atoms with Crippen molar-refractivity contribution in [2.45, 2.75) is 19.1 Å². The number of likely N-dealkylation sites (tertiary alicyclic amines) is 1. The standard InChI is InChI=1S/C20H23N7O2S/c1-13(11-28)9-27-7-5-14(10-27)22-19-23-15(12-29-2)8-17(25-19)26-20-24-16-4-3-6-21-18(16)30-20/h3-4,6,8,11,14H,1,5,7,9-10,12H2,2H3,(H2,22,23,24,25,26). The van der Waals surface area contributed by atoms with Crippen LogP contribution in [-0.2, 0) is 16.1 Å². The highest BCUT2D eigenvalue weighted by atomic mass is 32.1. The SMILES string of the molecule is C=C(C=O)CN1CCC(Nc2nc(COC)cc(Nc3nc4cccnc4s3)n2)C1. The van der Waals surface area contributed by atoms with Gasteiger partial charge in [-0.25, -0.2) is 15.0 Å². The average Bonchev–Trinajstić information content (AvgIpc) is 3.33. The summed E-state index contributed by atoms with van der Waals surface area (Å²) in [4.78, 5) is 31.9. The number of carbonyl (C=O) groups excluding carboxylic acids is 1. The molecule has 3 aromatic rings. The number of fused-ring (bicyclic) bond motifs is 1. The Balaban J connectivity index is 1.48. The minimum Gasteiger partial charge on any atom is -0.378 e. The number of pyridine rings is 1. The molecular formula is C20H23N7O2S. The van der Waals surface area contributed by atoms with Crippen LogP contribution in [-0.4, -0.2) is 63.9 Å². The number of ether oxygens (including phenoxy) is 1. The second-order valence-corrected chi connectivity index (χ2v) is 8.09. The minimum absolute atomic E-state index is 0.196. The molecule has 3 aromatic heterocycles. The Morgan fingerprint density at radius 2 is 2.33 bits per heavy atom. The smallest absolute Gasteiger partial charge is 0.225 e. The Bertz CT molecular complexity index is 1020. The lowest BCUT2D eigenvalue weighted by Crippen LogP contribution is -2.28. The lowest BCUT2D eigenvalue weighted by molar-refractivity contribution is -0.105. The van der Waals surface area contributed by atoms with E-state index >= 15 is 0 Å². The highest BCUT2D eigenvalue weighted by molar-refractivity contribution is 7.21. The van der Waals surface area contributed by atoms with E-state index < -0.39 is 0 Å². The van der Waals surface area contributed by atoms with E-state index in [2.05, 4.69) is 42.0 Å². The largest absolute Gasteiger partial charge is 0.378 e. The molecule has 156 valence electrons. The Hall–Kier alpha value is -2.95. The van der Waals surface area contributed by atoms with E-state index in [1.807, 2.05) is 18.2 Å². The predicted octanol–water partition coefficient (Wildman–Crippen LogP) is 2.61. The molecule has 0 spiro atoms. The fraction of sp³-hybridized carbons (Fsp3) is 0.350. The molecule has 30 heavy (non-hydrogen) atoms. The molecule has 1 saturated heterocycles. The third kappa shape index (κ3) is 4.96. The monoisotopic (exact) mass is 425 g/mol. The maximum absolute atomic E-state index is 10.8. The first-order valence-corrected chi connectivity index (χ1v) is 10.4. The van der Waals surface area contributed by atoms with Crippen LogP contribution in [0.25, 0.3) is 10.3 Å². The fourth-order valence-electron chi connectivity index (χ4n) is 3.38. The molecule has 0 amide bonds. The average molecular weight is 426 g/mol. The van der Waals surface area contributed by atoms with Gasteiger partial charge in [-0.15, -0.1) is 0 Å². The van der Waals surface area contributed by atoms with Crippen LogP contribution in [0.4, 0.5) is 16.9 Å². The molecular weight excluding hydrogens is 402 g/mol. The van der Waals surface area contributed by atoms with E-state index in [1.165, 1.54) is 11.3 Å². The third-order valence-corrected chi connectivity index (χ3v) is 5.57. The number of methoxy groups -OCH3 is 1. The quantitative estimate of drug-likeness (QED) is 0.395. The summed E-state index contributed by atoms with van der Waals surface area (Å²) >= 11 is 1.47. The number of nitrogens with zero attached hydrogens (tertiary/aromatic N) is 5. The number of thiazole rings is 1. The number of aldehydes is 1. The van der Waals surface area contributed by atoms with Gasteiger partial charge in [0.05, 0.1) is 12.3 Å². The zero-order chi connectivity index (χ0) is 20.9. The maximum Gasteiger partial charge on any atom is 0.225 e. The molecule has 0 saturated carbocycles. The van der Waals surface area contributed by atoms with E-state index in [9.17, 15) is 4.79 Å². The molecule has 1 atom stereocenters. The van der Waals surface area contributed by atoms with Gasteiger partial charge in [0.2, 0.25) is 5.95 Å². The van der Waals surface area contributed by atoms with Gasteiger partial charge in [0.15, 0.2) is 5.13 Å². The number of carbonyl (C=O) groups is 1. The molecule has 1 aliphatic heterocycles. The highest BCUT2D eigenvalue weighted by Crippen LogP contribution is 2.26. The summed E-state index contributed by atoms with van der Waals surface area (Å²) in [5, 5.41) is 7.39. The predicted molar refractivity (Wildman–Crippen MR) is 117 cm³/mol. The van der Waals surface area contributed by atoms with Crippen LogP contribution in [0.3, 0.4) is 0 Å². The van der Waals surface area contributed by atoms with Gasteiger partial charge in [0, 0.05) is 45.0 Å². The van der Waals surface area contributed by atoms with E-state index in [-0.39, 0.29) is 6.04 Å². The van der Waals surface area contributed by atoms with Crippen LogP contribution in [0.15, 0.2) is 36.5 Å². The Morgan fingerprint density at radius 3 is 3.13 bits per heavy atom. The Morgan fingerprint density at radius 1 is 1.43 bits per heavy atom. The van der Waals surface area contributed by atoms with Crippen molar-refractivity contribution in [1.82, 2.24) is 24.8 Å². The first-order chi connectivity index (χ1) is 14.6. The molecule has 0 aliphatic carbocycles. The maximum atomic E-state index is 10.8. The van der Waals surface area contributed by atoms with Crippen LogP contribution in [0.5, 0.6) is 0 Å². The first-order valence-electron chi connectivity index (χ1n) is 9.60. The van der Waals surface area contributed by atoms with Crippen LogP contribution in [0, 0.1) is 0 Å². The molecule has 0 aromatic carbocycles. The van der Waals surface area contributed by atoms with E-state index in [0.29, 0.717) is 30.5 Å². The zero-order valence-corrected chi connectivity index (χ0v) is 17.5. The number of anilines is 3. The first kappa shape index (κ1) is 20.3. The van der Waals surface area contributed by atoms with Crippen molar-refractivity contribution in [1.29, 1.82) is 0 Å². The van der Waals surface area contributed by atoms with Gasteiger partial charge < -0.3 is 15.4 Å². The molecule has 4 rings (SSSR count). The molecule has 0 radical (unpaired) electrons. The number of rotatable bonds is 9. The van der Waals surface area contributed by atoms with Crippen molar-refractivity contribution < 1.29 is 9.53 Å². The number of hydrogen-bond donors (Lipinski definition) is 2. The van der Waals surface area contributed by atoms with Crippen molar-refractivity contribution in [3.8, 4) is 0 Å². The van der Waals surface area contributed by atoms with Crippen molar-refractivity contribution in [3.63, 3.8) is 0 Å². The van der Waals surface area contributed by atoms with E-state index in [1.54, 1.807) is 13.3 Å². The second-order valence-electron chi connectivity index (χ2n) is 7.11. The van der Waals surface area contributed by atoms with Gasteiger partial charge in [-0.1, -0.05) is 17.9 Å². The summed E-state index contributed by atoms with van der Waals surface area (Å²) in [6.45, 7) is 6.42. The van der Waals surface area contributed by atoms with Crippen LogP contribution in [0.2, 0.25) is 0 Å². The lowest BCUT2D eigenvalue weighted by atomic mass is 10.3. The fourth-order valence-corrected chi connectivity index (χ4v) is 4.20. The molecule has 1 aliphatic rings. The lowest BCUT2D eigenvalue weighted by Gasteiger charge is -2.17. The molecule has 0 bridgehead atoms. The van der Waals surface area contributed by atoms with E-state index in [0.717, 1.165) is 47.0 Å². The molecule has 1 unspecified atom stereocenters. The number of nitrogens with one attached hydrogen (secondary N) is 2. The molecule has 4 heterocycles. The summed E-state index contributed by atoms with van der Waals surface area (Å²) in [5.74, 6) is 1.18. The van der Waals surface area contributed by atoms with Gasteiger partial charge in [-0.3, -0.25) is 9.69 Å². The van der Waals surface area contributed by atoms with E-state index in [4.69, 9.17) is 4.74 Å². The normalized spacial score (nSPS) is 16.6. The summed E-state index contributed by atoms with van der Waals surface area (Å²) in [6, 6.07) is 5.84. The molecule has 1 fully saturated rings. The van der Waals surface area contributed by atoms with Crippen LogP contribution in [0.1, 0.15) is 12.1 Å². The van der Waals surface area contributed by atoms with Gasteiger partial charge >= 0.3 is 0 Å². The summed E-state index contributed by atoms with van der Waals surface area (Å²) in [5.41, 5.74) is 2.20. The minimum atomic E-state index is 0.196. The molecule has 9 nitrogen and oxygen atoms in total. The topological polar surface area (TPSA) is 105 Å². The van der Waals surface area contributed by atoms with Crippen molar-refractivity contribution in [3.05, 3.63) is 42.2 Å². The number of hydrogen-bond acceptors (Lipinski definition) is 10. The van der Waals surface area contributed by atoms with Crippen LogP contribution < -0.4 is 10.6 Å². The van der Waals surface area contributed by atoms with Crippen molar-refractivity contribution in [2.24, 2.45) is 0 Å². The summed E-state index contributed by atoms with van der Waals surface area (Å²) < 4.78 is 5.26.